The Morgan fingerprint density at radius 2 is 2.26 bits per heavy atom. The van der Waals surface area contributed by atoms with E-state index < -0.39 is 0 Å². The predicted molar refractivity (Wildman–Crippen MR) is 78.5 cm³/mol. The van der Waals surface area contributed by atoms with Crippen LogP contribution < -0.4 is 5.32 Å². The van der Waals surface area contributed by atoms with Crippen LogP contribution in [0.3, 0.4) is 0 Å². The summed E-state index contributed by atoms with van der Waals surface area (Å²) in [5.41, 5.74) is 2.46. The van der Waals surface area contributed by atoms with Crippen LogP contribution in [0, 0.1) is 6.92 Å². The van der Waals surface area contributed by atoms with Crippen molar-refractivity contribution in [1.82, 2.24) is 10.3 Å². The molecule has 2 aromatic rings. The van der Waals surface area contributed by atoms with E-state index in [1.165, 1.54) is 29.0 Å². The molecule has 1 aliphatic carbocycles. The first-order valence-electron chi connectivity index (χ1n) is 6.92. The number of hydrogen-bond acceptors (Lipinski definition) is 4. The number of nitrogens with one attached hydrogen (secondary N) is 1. The normalized spacial score (nSPS) is 15.4. The average molecular weight is 276 g/mol. The van der Waals surface area contributed by atoms with E-state index in [1.807, 2.05) is 6.07 Å². The molecule has 0 amide bonds. The molecule has 1 N–H and O–H groups in total. The number of aromatic nitrogens is 1. The van der Waals surface area contributed by atoms with E-state index in [1.54, 1.807) is 17.6 Å². The van der Waals surface area contributed by atoms with Crippen molar-refractivity contribution in [2.24, 2.45) is 0 Å². The highest BCUT2D eigenvalue weighted by atomic mass is 32.1. The standard InChI is InChI=1S/C15H20N2OS/c1-9(2)16-8-12-13(11-4-5-11)17-15(19-12)14-10(3)6-7-18-14/h6-7,9,11,16H,4-5,8H2,1-3H3. The molecule has 4 heteroatoms. The van der Waals surface area contributed by atoms with Gasteiger partial charge < -0.3 is 9.73 Å². The number of rotatable bonds is 5. The van der Waals surface area contributed by atoms with Crippen LogP contribution in [-0.4, -0.2) is 11.0 Å². The zero-order chi connectivity index (χ0) is 13.4. The molecule has 0 bridgehead atoms. The van der Waals surface area contributed by atoms with Crippen LogP contribution in [0.5, 0.6) is 0 Å². The second-order valence-electron chi connectivity index (χ2n) is 5.57. The van der Waals surface area contributed by atoms with Crippen LogP contribution in [0.1, 0.15) is 48.7 Å². The van der Waals surface area contributed by atoms with Gasteiger partial charge in [-0.1, -0.05) is 13.8 Å². The fourth-order valence-electron chi connectivity index (χ4n) is 2.15. The first-order valence-corrected chi connectivity index (χ1v) is 7.74. The molecular weight excluding hydrogens is 256 g/mol. The highest BCUT2D eigenvalue weighted by Gasteiger charge is 2.30. The predicted octanol–water partition coefficient (Wildman–Crippen LogP) is 4.09. The van der Waals surface area contributed by atoms with Gasteiger partial charge in [0.2, 0.25) is 0 Å². The summed E-state index contributed by atoms with van der Waals surface area (Å²) in [7, 11) is 0. The molecule has 1 aliphatic rings. The van der Waals surface area contributed by atoms with Crippen molar-refractivity contribution < 1.29 is 4.42 Å². The number of furan rings is 1. The fourth-order valence-corrected chi connectivity index (χ4v) is 3.30. The Morgan fingerprint density at radius 3 is 2.84 bits per heavy atom. The lowest BCUT2D eigenvalue weighted by atomic mass is 10.2. The van der Waals surface area contributed by atoms with Gasteiger partial charge in [-0.05, 0) is 31.4 Å². The van der Waals surface area contributed by atoms with E-state index in [0.717, 1.165) is 17.3 Å². The molecule has 0 unspecified atom stereocenters. The molecule has 2 aromatic heterocycles. The van der Waals surface area contributed by atoms with Crippen molar-refractivity contribution >= 4 is 11.3 Å². The Labute approximate surface area is 118 Å². The van der Waals surface area contributed by atoms with Crippen LogP contribution in [0.25, 0.3) is 10.8 Å². The minimum atomic E-state index is 0.503. The quantitative estimate of drug-likeness (QED) is 0.894. The Bertz CT molecular complexity index is 566. The van der Waals surface area contributed by atoms with Crippen molar-refractivity contribution in [3.63, 3.8) is 0 Å². The average Bonchev–Trinajstić information content (AvgIpc) is 2.98. The summed E-state index contributed by atoms with van der Waals surface area (Å²) in [5.74, 6) is 1.62. The SMILES string of the molecule is Cc1ccoc1-c1nc(C2CC2)c(CNC(C)C)s1. The maximum atomic E-state index is 5.57. The van der Waals surface area contributed by atoms with Crippen LogP contribution >= 0.6 is 11.3 Å². The van der Waals surface area contributed by atoms with E-state index in [0.29, 0.717) is 12.0 Å². The zero-order valence-corrected chi connectivity index (χ0v) is 12.5. The second-order valence-corrected chi connectivity index (χ2v) is 6.65. The van der Waals surface area contributed by atoms with Gasteiger partial charge in [-0.3, -0.25) is 0 Å². The molecule has 3 rings (SSSR count). The van der Waals surface area contributed by atoms with E-state index in [4.69, 9.17) is 9.40 Å². The molecule has 2 heterocycles. The molecule has 1 saturated carbocycles. The molecule has 1 fully saturated rings. The third-order valence-electron chi connectivity index (χ3n) is 3.42. The van der Waals surface area contributed by atoms with Crippen molar-refractivity contribution in [2.45, 2.75) is 52.1 Å². The van der Waals surface area contributed by atoms with Gasteiger partial charge in [-0.15, -0.1) is 11.3 Å². The Kier molecular flexibility index (Phi) is 3.46. The summed E-state index contributed by atoms with van der Waals surface area (Å²) in [6.45, 7) is 7.34. The van der Waals surface area contributed by atoms with Crippen LogP contribution in [0.4, 0.5) is 0 Å². The third-order valence-corrected chi connectivity index (χ3v) is 4.49. The molecule has 0 radical (unpaired) electrons. The minimum absolute atomic E-state index is 0.503. The first kappa shape index (κ1) is 12.9. The van der Waals surface area contributed by atoms with Gasteiger partial charge in [0, 0.05) is 23.4 Å². The highest BCUT2D eigenvalue weighted by Crippen LogP contribution is 2.44. The van der Waals surface area contributed by atoms with Crippen molar-refractivity contribution in [1.29, 1.82) is 0 Å². The fraction of sp³-hybridized carbons (Fsp3) is 0.533. The van der Waals surface area contributed by atoms with Crippen molar-refractivity contribution in [3.05, 3.63) is 28.5 Å². The monoisotopic (exact) mass is 276 g/mol. The number of aryl methyl sites for hydroxylation is 1. The summed E-state index contributed by atoms with van der Waals surface area (Å²) in [4.78, 5) is 6.22. The number of hydrogen-bond donors (Lipinski definition) is 1. The summed E-state index contributed by atoms with van der Waals surface area (Å²) >= 11 is 1.77. The Morgan fingerprint density at radius 1 is 1.47 bits per heavy atom. The maximum absolute atomic E-state index is 5.57. The molecular formula is C15H20N2OS. The van der Waals surface area contributed by atoms with E-state index in [2.05, 4.69) is 26.1 Å². The van der Waals surface area contributed by atoms with Gasteiger partial charge in [-0.25, -0.2) is 4.98 Å². The lowest BCUT2D eigenvalue weighted by Crippen LogP contribution is -2.21. The third kappa shape index (κ3) is 2.74. The molecule has 0 atom stereocenters. The molecule has 0 saturated heterocycles. The van der Waals surface area contributed by atoms with Gasteiger partial charge in [0.25, 0.3) is 0 Å². The minimum Gasteiger partial charge on any atom is -0.462 e. The summed E-state index contributed by atoms with van der Waals surface area (Å²) in [6.07, 6.45) is 4.32. The highest BCUT2D eigenvalue weighted by molar-refractivity contribution is 7.15. The largest absolute Gasteiger partial charge is 0.462 e. The van der Waals surface area contributed by atoms with Gasteiger partial charge >= 0.3 is 0 Å². The molecule has 19 heavy (non-hydrogen) atoms. The van der Waals surface area contributed by atoms with E-state index in [9.17, 15) is 0 Å². The Balaban J connectivity index is 1.90. The topological polar surface area (TPSA) is 38.1 Å². The van der Waals surface area contributed by atoms with Gasteiger partial charge in [0.15, 0.2) is 10.8 Å². The van der Waals surface area contributed by atoms with E-state index in [-0.39, 0.29) is 0 Å². The van der Waals surface area contributed by atoms with Gasteiger partial charge in [0.1, 0.15) is 0 Å². The smallest absolute Gasteiger partial charge is 0.165 e. The Hall–Kier alpha value is -1.13. The van der Waals surface area contributed by atoms with Gasteiger partial charge in [-0.2, -0.15) is 0 Å². The zero-order valence-electron chi connectivity index (χ0n) is 11.7. The summed E-state index contributed by atoms with van der Waals surface area (Å²) in [6, 6.07) is 2.50. The van der Waals surface area contributed by atoms with Crippen molar-refractivity contribution in [3.8, 4) is 10.8 Å². The maximum Gasteiger partial charge on any atom is 0.165 e. The lowest BCUT2D eigenvalue weighted by molar-refractivity contribution is 0.580. The summed E-state index contributed by atoms with van der Waals surface area (Å²) in [5, 5.41) is 4.53. The number of thiazole rings is 1. The lowest BCUT2D eigenvalue weighted by Gasteiger charge is -2.06. The molecule has 0 aliphatic heterocycles. The summed E-state index contributed by atoms with van der Waals surface area (Å²) < 4.78 is 5.57. The van der Waals surface area contributed by atoms with E-state index >= 15 is 0 Å². The van der Waals surface area contributed by atoms with Crippen LogP contribution in [0.15, 0.2) is 16.7 Å². The molecule has 0 spiro atoms. The second kappa shape index (κ2) is 5.10. The molecule has 3 nitrogen and oxygen atoms in total. The first-order chi connectivity index (χ1) is 9.15. The van der Waals surface area contributed by atoms with Crippen LogP contribution in [-0.2, 0) is 6.54 Å². The van der Waals surface area contributed by atoms with Crippen LogP contribution in [0.2, 0.25) is 0 Å². The molecule has 102 valence electrons. The number of nitrogens with zero attached hydrogens (tertiary/aromatic N) is 1. The van der Waals surface area contributed by atoms with Gasteiger partial charge in [0.05, 0.1) is 12.0 Å². The van der Waals surface area contributed by atoms with Crippen molar-refractivity contribution in [2.75, 3.05) is 0 Å². The molecule has 0 aromatic carbocycles.